The Kier molecular flexibility index (Phi) is 14.5. The molecule has 0 saturated heterocycles. The minimum Gasteiger partial charge on any atom is -0.756 e. The van der Waals surface area contributed by atoms with Crippen molar-refractivity contribution >= 4 is 17.7 Å². The molecule has 7 heavy (non-hydrogen) atoms. The summed E-state index contributed by atoms with van der Waals surface area (Å²) in [6, 6.07) is 0. The van der Waals surface area contributed by atoms with Crippen LogP contribution in [0.3, 0.4) is 0 Å². The molecule has 7 heteroatoms. The summed E-state index contributed by atoms with van der Waals surface area (Å²) < 4.78 is 8.77. The molecular weight excluding hydrogens is 165 g/mol. The van der Waals surface area contributed by atoms with Crippen LogP contribution in [0.25, 0.3) is 0 Å². The molecule has 0 amide bonds. The zero-order valence-electron chi connectivity index (χ0n) is 3.87. The minimum absolute atomic E-state index is 0. The molecule has 2 N–H and O–H groups in total. The summed E-state index contributed by atoms with van der Waals surface area (Å²) in [7, 11) is -4.89. The van der Waals surface area contributed by atoms with Crippen molar-refractivity contribution in [3.63, 3.8) is 0 Å². The Labute approximate surface area is 87.0 Å². The second-order valence-electron chi connectivity index (χ2n) is 0.491. The summed E-state index contributed by atoms with van der Waals surface area (Å²) in [5, 5.41) is 0. The number of phosphoric acid groups is 1. The molecule has 0 fully saturated rings. The van der Waals surface area contributed by atoms with Gasteiger partial charge in [0.2, 0.25) is 0 Å². The maximum Gasteiger partial charge on any atom is 1.00 e. The predicted molar refractivity (Wildman–Crippen MR) is 23.1 cm³/mol. The van der Waals surface area contributed by atoms with Crippen molar-refractivity contribution in [2.45, 2.75) is 0 Å². The van der Waals surface area contributed by atoms with Gasteiger partial charge in [-0.3, -0.25) is 4.57 Å². The van der Waals surface area contributed by atoms with E-state index in [0.717, 1.165) is 0 Å². The third-order valence-electron chi connectivity index (χ3n) is 0. The Balaban J connectivity index is -0.0000000800. The predicted octanol–water partition coefficient (Wildman–Crippen LogP) is -4.50. The number of hydrogen-bond acceptors (Lipinski definition) is 2. The van der Waals surface area contributed by atoms with Crippen LogP contribution in [0.4, 0.5) is 0 Å². The van der Waals surface area contributed by atoms with Crippen LogP contribution in [-0.2, 0) is 4.57 Å². The first-order chi connectivity index (χ1) is 2.00. The van der Waals surface area contributed by atoms with Gasteiger partial charge in [0.15, 0.2) is 0 Å². The third kappa shape index (κ3) is 65.9. The second kappa shape index (κ2) is 6.30. The molecule has 0 rings (SSSR count). The Hall–Kier alpha value is 2.18. The van der Waals surface area contributed by atoms with Gasteiger partial charge >= 0.3 is 51.4 Å². The topological polar surface area (TPSA) is 80.6 Å². The molecule has 40 valence electrons. The average Bonchev–Trinajstić information content (AvgIpc) is 0.722. The van der Waals surface area contributed by atoms with E-state index in [-0.39, 0.29) is 61.3 Å². The van der Waals surface area contributed by atoms with E-state index in [2.05, 4.69) is 0 Å². The van der Waals surface area contributed by atoms with Gasteiger partial charge in [0, 0.05) is 0 Å². The fraction of sp³-hybridized carbons (Fsp3) is 0. The summed E-state index contributed by atoms with van der Waals surface area (Å²) in [6.45, 7) is 0. The van der Waals surface area contributed by atoms with E-state index in [1.807, 2.05) is 0 Å². The van der Waals surface area contributed by atoms with E-state index >= 15 is 0 Å². The third-order valence-corrected chi connectivity index (χ3v) is 0. The van der Waals surface area contributed by atoms with Crippen molar-refractivity contribution in [2.24, 2.45) is 0 Å². The molecule has 0 radical (unpaired) electrons. The zero-order valence-corrected chi connectivity index (χ0v) is 9.30. The average molecular weight is 170 g/mol. The van der Waals surface area contributed by atoms with Gasteiger partial charge in [-0.1, -0.05) is 0 Å². The molecule has 0 aliphatic heterocycles. The van der Waals surface area contributed by atoms with Gasteiger partial charge in [0.25, 0.3) is 7.82 Å². The van der Waals surface area contributed by atoms with Crippen LogP contribution >= 0.6 is 17.7 Å². The molecule has 0 aliphatic rings. The fourth-order valence-corrected chi connectivity index (χ4v) is 0. The van der Waals surface area contributed by atoms with Crippen LogP contribution in [0.1, 0.15) is 0 Å². The van der Waals surface area contributed by atoms with Crippen molar-refractivity contribution in [1.29, 1.82) is 0 Å². The van der Waals surface area contributed by atoms with E-state index in [4.69, 9.17) is 19.2 Å². The van der Waals surface area contributed by atoms with E-state index < -0.39 is 7.82 Å². The molecule has 0 spiro atoms. The standard InChI is InChI=1S/K.H3O4P.H3P/c;1-5(2,3)4;/h;(H3,1,2,3,4);1H3/q+1;;/p-1. The van der Waals surface area contributed by atoms with Gasteiger partial charge < -0.3 is 14.7 Å². The van der Waals surface area contributed by atoms with Crippen LogP contribution in [-0.4, -0.2) is 9.79 Å². The summed E-state index contributed by atoms with van der Waals surface area (Å²) >= 11 is 0. The van der Waals surface area contributed by atoms with Gasteiger partial charge in [0.1, 0.15) is 0 Å². The Bertz CT molecular complexity index is 55.8. The molecule has 0 heterocycles. The second-order valence-corrected chi connectivity index (χ2v) is 1.47. The number of rotatable bonds is 0. The molecule has 4 nitrogen and oxygen atoms in total. The largest absolute Gasteiger partial charge is 1.00 e. The van der Waals surface area contributed by atoms with E-state index in [1.165, 1.54) is 0 Å². The monoisotopic (exact) mass is 170 g/mol. The van der Waals surface area contributed by atoms with Crippen molar-refractivity contribution in [3.8, 4) is 0 Å². The summed E-state index contributed by atoms with van der Waals surface area (Å²) in [5.74, 6) is 0. The van der Waals surface area contributed by atoms with Gasteiger partial charge in [-0.2, -0.15) is 9.90 Å². The quantitative estimate of drug-likeness (QED) is 0.283. The maximum absolute atomic E-state index is 8.77. The first kappa shape index (κ1) is 16.1. The van der Waals surface area contributed by atoms with Crippen molar-refractivity contribution in [3.05, 3.63) is 0 Å². The molecule has 0 aromatic rings. The Morgan fingerprint density at radius 2 is 1.43 bits per heavy atom. The first-order valence-electron chi connectivity index (χ1n) is 0.765. The molecule has 0 aliphatic carbocycles. The molecule has 1 atom stereocenters. The summed E-state index contributed by atoms with van der Waals surface area (Å²) in [6.07, 6.45) is 0. The Morgan fingerprint density at radius 3 is 1.43 bits per heavy atom. The van der Waals surface area contributed by atoms with Crippen molar-refractivity contribution in [2.75, 3.05) is 0 Å². The smallest absolute Gasteiger partial charge is 0.756 e. The van der Waals surface area contributed by atoms with Gasteiger partial charge in [-0.05, 0) is 0 Å². The van der Waals surface area contributed by atoms with Crippen molar-refractivity contribution < 1.29 is 70.6 Å². The van der Waals surface area contributed by atoms with E-state index in [0.29, 0.717) is 0 Å². The number of hydrogen-bond donors (Lipinski definition) is 2. The van der Waals surface area contributed by atoms with E-state index in [9.17, 15) is 0 Å². The van der Waals surface area contributed by atoms with Gasteiger partial charge in [-0.25, -0.2) is 0 Å². The Morgan fingerprint density at radius 1 is 1.43 bits per heavy atom. The van der Waals surface area contributed by atoms with Crippen LogP contribution in [0.2, 0.25) is 0 Å². The van der Waals surface area contributed by atoms with Crippen LogP contribution in [0.15, 0.2) is 0 Å². The molecule has 0 aromatic carbocycles. The minimum atomic E-state index is -4.89. The van der Waals surface area contributed by atoms with Gasteiger partial charge in [0.05, 0.1) is 0 Å². The molecular formula is H5KO4P2. The zero-order chi connectivity index (χ0) is 4.50. The van der Waals surface area contributed by atoms with Crippen LogP contribution in [0.5, 0.6) is 0 Å². The normalized spacial score (nSPS) is 8.43. The van der Waals surface area contributed by atoms with Crippen LogP contribution < -0.4 is 56.3 Å². The van der Waals surface area contributed by atoms with Crippen molar-refractivity contribution in [1.82, 2.24) is 0 Å². The van der Waals surface area contributed by atoms with Gasteiger partial charge in [-0.15, -0.1) is 0 Å². The SMILES string of the molecule is O=P([O-])(O)O.P.[K+]. The van der Waals surface area contributed by atoms with Crippen LogP contribution in [0, 0.1) is 0 Å². The van der Waals surface area contributed by atoms with E-state index in [1.54, 1.807) is 0 Å². The summed E-state index contributed by atoms with van der Waals surface area (Å²) in [4.78, 5) is 22.9. The fourth-order valence-electron chi connectivity index (χ4n) is 0. The molecule has 0 aromatic heterocycles. The maximum atomic E-state index is 8.77. The molecule has 0 saturated carbocycles. The molecule has 0 bridgehead atoms. The summed E-state index contributed by atoms with van der Waals surface area (Å²) in [5.41, 5.74) is 0. The molecule has 1 unspecified atom stereocenters. The first-order valence-corrected chi connectivity index (χ1v) is 2.30.